The first-order valence-electron chi connectivity index (χ1n) is 8.93. The number of hydrogen-bond donors (Lipinski definition) is 2. The van der Waals surface area contributed by atoms with Gasteiger partial charge in [0.25, 0.3) is 5.91 Å². The number of aryl methyl sites for hydroxylation is 1. The Morgan fingerprint density at radius 3 is 2.65 bits per heavy atom. The highest BCUT2D eigenvalue weighted by atomic mass is 16.2. The van der Waals surface area contributed by atoms with E-state index in [0.29, 0.717) is 31.5 Å². The number of likely N-dealkylation sites (tertiary alicyclic amines) is 1. The quantitative estimate of drug-likeness (QED) is 0.833. The third-order valence-electron chi connectivity index (χ3n) is 4.63. The molecule has 3 rings (SSSR count). The highest BCUT2D eigenvalue weighted by Gasteiger charge is 2.21. The standard InChI is InChI=1S/C20H23N3O3/c1-2-17-10-16(11-18(24)22-17)20(26)21-12-14-6-3-4-7-15(14)13-23-9-5-8-19(23)25/h3-4,6-7,10-11H,2,5,8-9,12-13H2,1H3,(H,21,26)(H,22,24). The Balaban J connectivity index is 1.70. The second-order valence-electron chi connectivity index (χ2n) is 6.48. The van der Waals surface area contributed by atoms with Crippen molar-refractivity contribution >= 4 is 11.8 Å². The molecule has 6 heteroatoms. The molecule has 1 aliphatic rings. The van der Waals surface area contributed by atoms with E-state index >= 15 is 0 Å². The fraction of sp³-hybridized carbons (Fsp3) is 0.350. The third kappa shape index (κ3) is 4.20. The van der Waals surface area contributed by atoms with Crippen molar-refractivity contribution in [2.45, 2.75) is 39.3 Å². The molecular formula is C20H23N3O3. The minimum absolute atomic E-state index is 0.180. The highest BCUT2D eigenvalue weighted by molar-refractivity contribution is 5.94. The number of aromatic amines is 1. The van der Waals surface area contributed by atoms with Crippen molar-refractivity contribution in [2.24, 2.45) is 0 Å². The summed E-state index contributed by atoms with van der Waals surface area (Å²) in [5, 5.41) is 2.88. The summed E-state index contributed by atoms with van der Waals surface area (Å²) in [6.45, 7) is 3.62. The predicted molar refractivity (Wildman–Crippen MR) is 98.7 cm³/mol. The van der Waals surface area contributed by atoms with Crippen LogP contribution in [0.3, 0.4) is 0 Å². The highest BCUT2D eigenvalue weighted by Crippen LogP contribution is 2.17. The molecule has 1 aromatic heterocycles. The molecule has 1 fully saturated rings. The average Bonchev–Trinajstić information content (AvgIpc) is 3.05. The first-order chi connectivity index (χ1) is 12.6. The van der Waals surface area contributed by atoms with Crippen LogP contribution in [-0.4, -0.2) is 28.2 Å². The molecule has 1 aliphatic heterocycles. The van der Waals surface area contributed by atoms with E-state index in [1.54, 1.807) is 6.07 Å². The van der Waals surface area contributed by atoms with E-state index in [9.17, 15) is 14.4 Å². The van der Waals surface area contributed by atoms with Gasteiger partial charge >= 0.3 is 0 Å². The maximum Gasteiger partial charge on any atom is 0.251 e. The van der Waals surface area contributed by atoms with Crippen LogP contribution in [0, 0.1) is 0 Å². The molecule has 0 aliphatic carbocycles. The van der Waals surface area contributed by atoms with Gasteiger partial charge in [0.1, 0.15) is 0 Å². The zero-order chi connectivity index (χ0) is 18.5. The number of carbonyl (C=O) groups is 2. The monoisotopic (exact) mass is 353 g/mol. The van der Waals surface area contributed by atoms with E-state index in [1.165, 1.54) is 6.07 Å². The zero-order valence-electron chi connectivity index (χ0n) is 14.9. The van der Waals surface area contributed by atoms with Gasteiger partial charge in [0.15, 0.2) is 0 Å². The SMILES string of the molecule is CCc1cc(C(=O)NCc2ccccc2CN2CCCC2=O)cc(=O)[nH]1. The number of rotatable bonds is 6. The van der Waals surface area contributed by atoms with Gasteiger partial charge in [-0.3, -0.25) is 14.4 Å². The molecule has 2 aromatic rings. The largest absolute Gasteiger partial charge is 0.348 e. The normalized spacial score (nSPS) is 13.9. The van der Waals surface area contributed by atoms with Crippen molar-refractivity contribution in [3.8, 4) is 0 Å². The van der Waals surface area contributed by atoms with E-state index < -0.39 is 0 Å². The number of nitrogens with zero attached hydrogens (tertiary/aromatic N) is 1. The van der Waals surface area contributed by atoms with Crippen LogP contribution in [0.25, 0.3) is 0 Å². The second-order valence-corrected chi connectivity index (χ2v) is 6.48. The van der Waals surface area contributed by atoms with Gasteiger partial charge in [-0.25, -0.2) is 0 Å². The molecule has 2 N–H and O–H groups in total. The summed E-state index contributed by atoms with van der Waals surface area (Å²) in [5.74, 6) is -0.0997. The number of amides is 2. The molecule has 1 aromatic carbocycles. The predicted octanol–water partition coefficient (Wildman–Crippen LogP) is 1.99. The average molecular weight is 353 g/mol. The van der Waals surface area contributed by atoms with Gasteiger partial charge in [-0.2, -0.15) is 0 Å². The molecule has 2 heterocycles. The molecule has 0 bridgehead atoms. The Hall–Kier alpha value is -2.89. The number of pyridine rings is 1. The van der Waals surface area contributed by atoms with Crippen LogP contribution in [0.2, 0.25) is 0 Å². The molecule has 0 unspecified atom stereocenters. The molecule has 6 nitrogen and oxygen atoms in total. The fourth-order valence-corrected chi connectivity index (χ4v) is 3.16. The molecule has 2 amide bonds. The van der Waals surface area contributed by atoms with Gasteiger partial charge in [-0.15, -0.1) is 0 Å². The molecule has 0 saturated carbocycles. The summed E-state index contributed by atoms with van der Waals surface area (Å²) in [4.78, 5) is 40.5. The minimum atomic E-state index is -0.280. The molecule has 0 atom stereocenters. The van der Waals surface area contributed by atoms with Crippen LogP contribution in [0.15, 0.2) is 41.2 Å². The van der Waals surface area contributed by atoms with Crippen LogP contribution in [0.5, 0.6) is 0 Å². The Kier molecular flexibility index (Phi) is 5.51. The molecule has 1 saturated heterocycles. The maximum absolute atomic E-state index is 12.4. The number of carbonyl (C=O) groups excluding carboxylic acids is 2. The third-order valence-corrected chi connectivity index (χ3v) is 4.63. The first-order valence-corrected chi connectivity index (χ1v) is 8.93. The summed E-state index contributed by atoms with van der Waals surface area (Å²) in [5.41, 5.74) is 2.82. The second kappa shape index (κ2) is 7.99. The van der Waals surface area contributed by atoms with Crippen molar-refractivity contribution in [2.75, 3.05) is 6.54 Å². The van der Waals surface area contributed by atoms with Gasteiger partial charge in [0.2, 0.25) is 11.5 Å². The molecule has 136 valence electrons. The smallest absolute Gasteiger partial charge is 0.251 e. The number of nitrogens with one attached hydrogen (secondary N) is 2. The topological polar surface area (TPSA) is 82.3 Å². The lowest BCUT2D eigenvalue weighted by atomic mass is 10.1. The van der Waals surface area contributed by atoms with Gasteiger partial charge in [-0.1, -0.05) is 31.2 Å². The van der Waals surface area contributed by atoms with E-state index in [0.717, 1.165) is 29.8 Å². The lowest BCUT2D eigenvalue weighted by Crippen LogP contribution is -2.27. The Morgan fingerprint density at radius 2 is 1.96 bits per heavy atom. The minimum Gasteiger partial charge on any atom is -0.348 e. The number of benzene rings is 1. The van der Waals surface area contributed by atoms with Gasteiger partial charge in [-0.05, 0) is 30.0 Å². The summed E-state index contributed by atoms with van der Waals surface area (Å²) < 4.78 is 0. The summed E-state index contributed by atoms with van der Waals surface area (Å²) >= 11 is 0. The Morgan fingerprint density at radius 1 is 1.19 bits per heavy atom. The summed E-state index contributed by atoms with van der Waals surface area (Å²) in [7, 11) is 0. The van der Waals surface area contributed by atoms with Gasteiger partial charge in [0, 0.05) is 43.4 Å². The van der Waals surface area contributed by atoms with Gasteiger partial charge < -0.3 is 15.2 Å². The lowest BCUT2D eigenvalue weighted by molar-refractivity contribution is -0.128. The molecule has 26 heavy (non-hydrogen) atoms. The molecule has 0 spiro atoms. The van der Waals surface area contributed by atoms with Crippen LogP contribution >= 0.6 is 0 Å². The van der Waals surface area contributed by atoms with Crippen molar-refractivity contribution in [3.63, 3.8) is 0 Å². The van der Waals surface area contributed by atoms with E-state index in [2.05, 4.69) is 10.3 Å². The van der Waals surface area contributed by atoms with Crippen molar-refractivity contribution in [1.29, 1.82) is 0 Å². The summed E-state index contributed by atoms with van der Waals surface area (Å²) in [6.07, 6.45) is 2.17. The van der Waals surface area contributed by atoms with Crippen molar-refractivity contribution in [3.05, 3.63) is 69.1 Å². The van der Waals surface area contributed by atoms with Crippen LogP contribution < -0.4 is 10.9 Å². The van der Waals surface area contributed by atoms with E-state index in [-0.39, 0.29) is 17.4 Å². The first kappa shape index (κ1) is 17.9. The number of aromatic nitrogens is 1. The molecular weight excluding hydrogens is 330 g/mol. The van der Waals surface area contributed by atoms with E-state index in [1.807, 2.05) is 36.1 Å². The Labute approximate surface area is 152 Å². The fourth-order valence-electron chi connectivity index (χ4n) is 3.16. The molecule has 0 radical (unpaired) electrons. The Bertz CT molecular complexity index is 873. The number of hydrogen-bond acceptors (Lipinski definition) is 3. The van der Waals surface area contributed by atoms with Crippen molar-refractivity contribution < 1.29 is 9.59 Å². The van der Waals surface area contributed by atoms with Crippen LogP contribution in [0.4, 0.5) is 0 Å². The maximum atomic E-state index is 12.4. The number of H-pyrrole nitrogens is 1. The van der Waals surface area contributed by atoms with Crippen LogP contribution in [0.1, 0.15) is 46.9 Å². The van der Waals surface area contributed by atoms with E-state index in [4.69, 9.17) is 0 Å². The summed E-state index contributed by atoms with van der Waals surface area (Å²) in [6, 6.07) is 10.8. The van der Waals surface area contributed by atoms with Crippen molar-refractivity contribution in [1.82, 2.24) is 15.2 Å². The van der Waals surface area contributed by atoms with Crippen LogP contribution in [-0.2, 0) is 24.3 Å². The lowest BCUT2D eigenvalue weighted by Gasteiger charge is -2.18. The zero-order valence-corrected chi connectivity index (χ0v) is 14.9. The van der Waals surface area contributed by atoms with Gasteiger partial charge in [0.05, 0.1) is 0 Å².